The van der Waals surface area contributed by atoms with Crippen LogP contribution >= 0.6 is 0 Å². The zero-order chi connectivity index (χ0) is 51.6. The van der Waals surface area contributed by atoms with Crippen LogP contribution in [0.2, 0.25) is 0 Å². The number of rotatable bonds is 6. The number of para-hydroxylation sites is 2. The van der Waals surface area contributed by atoms with Gasteiger partial charge >= 0.3 is 12.4 Å². The minimum atomic E-state index is -5.24. The molecule has 2 heterocycles. The zero-order valence-corrected chi connectivity index (χ0v) is 38.1. The van der Waals surface area contributed by atoms with E-state index in [1.165, 1.54) is 18.2 Å². The average Bonchev–Trinajstić information content (AvgIpc) is 3.93. The summed E-state index contributed by atoms with van der Waals surface area (Å²) < 4.78 is 92.1. The Balaban J connectivity index is 1.21. The van der Waals surface area contributed by atoms with Crippen molar-refractivity contribution in [3.63, 3.8) is 0 Å². The van der Waals surface area contributed by atoms with Gasteiger partial charge in [-0.15, -0.1) is 0 Å². The second-order valence-corrected chi connectivity index (χ2v) is 17.5. The summed E-state index contributed by atoms with van der Waals surface area (Å²) >= 11 is 0. The Morgan fingerprint density at radius 2 is 0.811 bits per heavy atom. The first-order chi connectivity index (χ1) is 35.7. The van der Waals surface area contributed by atoms with Crippen molar-refractivity contribution >= 4 is 43.6 Å². The average molecular weight is 974 g/mol. The first-order valence-electron chi connectivity index (χ1n) is 22.7. The maximum Gasteiger partial charge on any atom is 0.417 e. The quantitative estimate of drug-likeness (QED) is 0.153. The van der Waals surface area contributed by atoms with Crippen LogP contribution in [0.3, 0.4) is 0 Å². The van der Waals surface area contributed by atoms with E-state index in [4.69, 9.17) is 0 Å². The van der Waals surface area contributed by atoms with Crippen LogP contribution in [0.4, 0.5) is 26.3 Å². The van der Waals surface area contributed by atoms with Gasteiger partial charge in [-0.3, -0.25) is 0 Å². The van der Waals surface area contributed by atoms with Crippen molar-refractivity contribution in [3.05, 3.63) is 215 Å². The number of aromatic nitrogens is 2. The Morgan fingerprint density at radius 3 is 1.32 bits per heavy atom. The van der Waals surface area contributed by atoms with Crippen LogP contribution in [0, 0.1) is 56.7 Å². The highest BCUT2D eigenvalue weighted by molar-refractivity contribution is 6.12. The molecule has 7 nitrogen and oxygen atoms in total. The van der Waals surface area contributed by atoms with E-state index in [-0.39, 0.29) is 28.3 Å². The summed E-state index contributed by atoms with van der Waals surface area (Å²) in [6.45, 7) is 0. The molecule has 11 rings (SSSR count). The number of benzene rings is 9. The van der Waals surface area contributed by atoms with Gasteiger partial charge in [-0.05, 0) is 154 Å². The predicted octanol–water partition coefficient (Wildman–Crippen LogP) is 15.9. The summed E-state index contributed by atoms with van der Waals surface area (Å²) in [6.07, 6.45) is -10.3. The lowest BCUT2D eigenvalue weighted by Crippen LogP contribution is -2.12. The second kappa shape index (κ2) is 17.5. The molecule has 74 heavy (non-hydrogen) atoms. The topological polar surface area (TPSA) is 129 Å². The van der Waals surface area contributed by atoms with Crippen LogP contribution in [0.25, 0.3) is 99.5 Å². The first kappa shape index (κ1) is 46.0. The van der Waals surface area contributed by atoms with Crippen LogP contribution in [-0.2, 0) is 12.4 Å². The number of hydrogen-bond acceptors (Lipinski definition) is 5. The Morgan fingerprint density at radius 1 is 0.324 bits per heavy atom. The zero-order valence-electron chi connectivity index (χ0n) is 38.1. The standard InChI is InChI=1S/C61H29F6N7/c62-60(63,64)44-12-14-47(54(28-44)61(65,66)67)46-15-13-45(73-55-7-3-1-5-48(55)52-26-40(10-17-57(52)73)42-21-36(31-69)19-37(22-42)32-70)29-50(46)51-25-35(30-68)9-16-58(51)74-56-8-4-2-6-49(56)53-27-41(11-18-59(53)74)43-23-38(33-71)20-39(24-43)34-72/h1-29H. The molecular formula is C61H29F6N7. The van der Waals surface area contributed by atoms with Gasteiger partial charge in [0.25, 0.3) is 0 Å². The van der Waals surface area contributed by atoms with Crippen molar-refractivity contribution < 1.29 is 26.3 Å². The summed E-state index contributed by atoms with van der Waals surface area (Å²) in [5.74, 6) is 0. The molecule has 13 heteroatoms. The molecule has 0 N–H and O–H groups in total. The van der Waals surface area contributed by atoms with E-state index in [0.717, 1.165) is 27.6 Å². The van der Waals surface area contributed by atoms with E-state index in [1.807, 2.05) is 94.1 Å². The normalized spacial score (nSPS) is 11.6. The highest BCUT2D eigenvalue weighted by Crippen LogP contribution is 2.47. The molecule has 0 fully saturated rings. The molecule has 0 unspecified atom stereocenters. The fourth-order valence-electron chi connectivity index (χ4n) is 10.0. The number of nitrogens with zero attached hydrogens (tertiary/aromatic N) is 7. The number of fused-ring (bicyclic) bond motifs is 6. The minimum absolute atomic E-state index is 0.0615. The lowest BCUT2D eigenvalue weighted by molar-refractivity contribution is -0.142. The van der Waals surface area contributed by atoms with Crippen molar-refractivity contribution in [2.45, 2.75) is 12.4 Å². The van der Waals surface area contributed by atoms with Crippen LogP contribution in [0.5, 0.6) is 0 Å². The predicted molar refractivity (Wildman–Crippen MR) is 270 cm³/mol. The van der Waals surface area contributed by atoms with Gasteiger partial charge < -0.3 is 9.13 Å². The Kier molecular flexibility index (Phi) is 10.9. The molecule has 11 aromatic rings. The number of nitriles is 5. The molecule has 9 aromatic carbocycles. The third-order valence-corrected chi connectivity index (χ3v) is 13.3. The summed E-state index contributed by atoms with van der Waals surface area (Å²) in [6, 6.07) is 57.7. The molecule has 2 aromatic heterocycles. The maximum absolute atomic E-state index is 15.3. The van der Waals surface area contributed by atoms with Gasteiger partial charge in [0.2, 0.25) is 0 Å². The number of hydrogen-bond donors (Lipinski definition) is 0. The third-order valence-electron chi connectivity index (χ3n) is 13.3. The summed E-state index contributed by atoms with van der Waals surface area (Å²) in [4.78, 5) is 0. The van der Waals surface area contributed by atoms with E-state index in [1.54, 1.807) is 54.6 Å². The van der Waals surface area contributed by atoms with Crippen LogP contribution < -0.4 is 0 Å². The molecule has 0 amide bonds. The van der Waals surface area contributed by atoms with Crippen LogP contribution in [0.15, 0.2) is 176 Å². The van der Waals surface area contributed by atoms with Gasteiger partial charge in [-0.2, -0.15) is 52.7 Å². The van der Waals surface area contributed by atoms with Crippen molar-refractivity contribution in [2.24, 2.45) is 0 Å². The van der Waals surface area contributed by atoms with Gasteiger partial charge in [0.1, 0.15) is 0 Å². The number of alkyl halides is 6. The van der Waals surface area contributed by atoms with Crippen LogP contribution in [0.1, 0.15) is 38.9 Å². The lowest BCUT2D eigenvalue weighted by Gasteiger charge is -2.22. The van der Waals surface area contributed by atoms with Gasteiger partial charge in [0, 0.05) is 32.8 Å². The van der Waals surface area contributed by atoms with E-state index in [9.17, 15) is 39.5 Å². The molecule has 0 aliphatic carbocycles. The molecule has 0 aliphatic rings. The summed E-state index contributed by atoms with van der Waals surface area (Å²) in [5, 5.41) is 52.6. The molecular weight excluding hydrogens is 945 g/mol. The second-order valence-electron chi connectivity index (χ2n) is 17.5. The first-order valence-corrected chi connectivity index (χ1v) is 22.7. The number of halogens is 6. The fraction of sp³-hybridized carbons (Fsp3) is 0.0328. The Bertz CT molecular complexity index is 4360. The Labute approximate surface area is 417 Å². The van der Waals surface area contributed by atoms with Crippen LogP contribution in [-0.4, -0.2) is 9.13 Å². The molecule has 0 saturated heterocycles. The van der Waals surface area contributed by atoms with Crippen molar-refractivity contribution in [2.75, 3.05) is 0 Å². The van der Waals surface area contributed by atoms with Crippen molar-refractivity contribution in [1.29, 1.82) is 26.3 Å². The van der Waals surface area contributed by atoms with E-state index in [2.05, 4.69) is 30.3 Å². The van der Waals surface area contributed by atoms with Gasteiger partial charge in [-0.1, -0.05) is 60.7 Å². The molecule has 350 valence electrons. The third kappa shape index (κ3) is 7.78. The molecule has 0 spiro atoms. The van der Waals surface area contributed by atoms with Gasteiger partial charge in [0.15, 0.2) is 0 Å². The highest BCUT2D eigenvalue weighted by atomic mass is 19.4. The maximum atomic E-state index is 15.3. The monoisotopic (exact) mass is 973 g/mol. The van der Waals surface area contributed by atoms with Gasteiger partial charge in [-0.25, -0.2) is 0 Å². The SMILES string of the molecule is N#Cc1cc(C#N)cc(-c2ccc3c(c2)c2ccccc2n3-c2ccc(-c3ccc(C(F)(F)F)cc3C(F)(F)F)c(-c3cc(C#N)ccc3-n3c4ccccc4c4cc(-c5cc(C#N)cc(C#N)c5)ccc43)c2)c1. The molecule has 0 atom stereocenters. The summed E-state index contributed by atoms with van der Waals surface area (Å²) in [7, 11) is 0. The Hall–Kier alpha value is -10.4. The smallest absolute Gasteiger partial charge is 0.309 e. The largest absolute Gasteiger partial charge is 0.417 e. The molecule has 0 bridgehead atoms. The molecule has 0 saturated carbocycles. The van der Waals surface area contributed by atoms with E-state index < -0.39 is 29.0 Å². The van der Waals surface area contributed by atoms with Crippen molar-refractivity contribution in [1.82, 2.24) is 9.13 Å². The molecule has 0 radical (unpaired) electrons. The lowest BCUT2D eigenvalue weighted by atomic mass is 9.88. The molecule has 0 aliphatic heterocycles. The minimum Gasteiger partial charge on any atom is -0.309 e. The van der Waals surface area contributed by atoms with E-state index in [0.29, 0.717) is 84.0 Å². The van der Waals surface area contributed by atoms with E-state index >= 15 is 13.2 Å². The fourth-order valence-corrected chi connectivity index (χ4v) is 10.0. The van der Waals surface area contributed by atoms with Crippen molar-refractivity contribution in [3.8, 4) is 86.2 Å². The summed E-state index contributed by atoms with van der Waals surface area (Å²) in [5.41, 5.74) is 4.55. The highest BCUT2D eigenvalue weighted by Gasteiger charge is 2.39. The van der Waals surface area contributed by atoms with Gasteiger partial charge in [0.05, 0.1) is 97.0 Å².